The normalized spacial score (nSPS) is 17.0. The Morgan fingerprint density at radius 3 is 2.69 bits per heavy atom. The Balaban J connectivity index is 1.79. The van der Waals surface area contributed by atoms with E-state index >= 15 is 0 Å². The van der Waals surface area contributed by atoms with Gasteiger partial charge in [-0.2, -0.15) is 5.26 Å². The Bertz CT molecular complexity index is 1010. The molecule has 1 aliphatic rings. The van der Waals surface area contributed by atoms with Crippen LogP contribution < -0.4 is 10.4 Å². The number of ether oxygens (including phenoxy) is 1. The van der Waals surface area contributed by atoms with Crippen LogP contribution in [0.4, 0.5) is 0 Å². The van der Waals surface area contributed by atoms with Gasteiger partial charge in [0.1, 0.15) is 11.3 Å². The number of piperidine rings is 1. The molecule has 6 nitrogen and oxygen atoms in total. The predicted octanol–water partition coefficient (Wildman–Crippen LogP) is 3.97. The smallest absolute Gasteiger partial charge is 0.336 e. The van der Waals surface area contributed by atoms with Crippen molar-refractivity contribution in [2.24, 2.45) is 5.41 Å². The Morgan fingerprint density at radius 1 is 1.38 bits per heavy atom. The lowest BCUT2D eigenvalue weighted by atomic mass is 9.82. The summed E-state index contributed by atoms with van der Waals surface area (Å²) < 4.78 is 11.4. The zero-order chi connectivity index (χ0) is 21.2. The molecule has 1 unspecified atom stereocenters. The second-order valence-corrected chi connectivity index (χ2v) is 8.16. The van der Waals surface area contributed by atoms with Crippen molar-refractivity contribution in [3.05, 3.63) is 39.7 Å². The van der Waals surface area contributed by atoms with Crippen LogP contribution in [-0.4, -0.2) is 30.0 Å². The highest BCUT2D eigenvalue weighted by atomic mass is 16.5. The van der Waals surface area contributed by atoms with Crippen molar-refractivity contribution in [3.63, 3.8) is 0 Å². The number of carbonyl (C=O) groups is 1. The van der Waals surface area contributed by atoms with Crippen LogP contribution in [0.15, 0.2) is 27.4 Å². The predicted molar refractivity (Wildman–Crippen MR) is 111 cm³/mol. The van der Waals surface area contributed by atoms with Gasteiger partial charge >= 0.3 is 5.63 Å². The summed E-state index contributed by atoms with van der Waals surface area (Å²) in [4.78, 5) is 26.5. The van der Waals surface area contributed by atoms with E-state index in [0.717, 1.165) is 23.8 Å². The van der Waals surface area contributed by atoms with Gasteiger partial charge in [0.2, 0.25) is 0 Å². The summed E-state index contributed by atoms with van der Waals surface area (Å²) in [7, 11) is 0. The second kappa shape index (κ2) is 8.28. The van der Waals surface area contributed by atoms with Crippen LogP contribution in [0.1, 0.15) is 51.2 Å². The molecule has 2 aromatic rings. The largest absolute Gasteiger partial charge is 0.480 e. The van der Waals surface area contributed by atoms with Crippen molar-refractivity contribution in [2.45, 2.75) is 59.5 Å². The number of fused-ring (bicyclic) bond motifs is 1. The van der Waals surface area contributed by atoms with E-state index in [1.54, 1.807) is 17.9 Å². The third-order valence-electron chi connectivity index (χ3n) is 5.82. The van der Waals surface area contributed by atoms with Gasteiger partial charge in [0.15, 0.2) is 6.10 Å². The van der Waals surface area contributed by atoms with Crippen LogP contribution >= 0.6 is 0 Å². The molecule has 3 rings (SSSR count). The standard InChI is InChI=1S/C23H28N2O4/c1-5-6-17-13-20(26)29-21-15(2)19(8-7-18(17)21)28-16(3)22(27)25-11-9-23(4,14-24)10-12-25/h7-8,13,16H,5-6,9-12H2,1-4H3. The Morgan fingerprint density at radius 2 is 2.07 bits per heavy atom. The summed E-state index contributed by atoms with van der Waals surface area (Å²) in [6.45, 7) is 8.69. The summed E-state index contributed by atoms with van der Waals surface area (Å²) in [5.41, 5.74) is 1.46. The van der Waals surface area contributed by atoms with Crippen LogP contribution in [0.3, 0.4) is 0 Å². The Kier molecular flexibility index (Phi) is 5.97. The number of carbonyl (C=O) groups excluding carboxylic acids is 1. The number of likely N-dealkylation sites (tertiary alicyclic amines) is 1. The van der Waals surface area contributed by atoms with E-state index in [1.807, 2.05) is 26.0 Å². The van der Waals surface area contributed by atoms with Crippen LogP contribution in [0.2, 0.25) is 0 Å². The van der Waals surface area contributed by atoms with Crippen molar-refractivity contribution in [2.75, 3.05) is 13.1 Å². The van der Waals surface area contributed by atoms with Gasteiger partial charge in [-0.05, 0) is 57.7 Å². The number of nitrogens with zero attached hydrogens (tertiary/aromatic N) is 2. The third kappa shape index (κ3) is 4.29. The molecule has 1 aliphatic heterocycles. The van der Waals surface area contributed by atoms with Crippen LogP contribution in [0.5, 0.6) is 5.75 Å². The number of rotatable bonds is 5. The Labute approximate surface area is 171 Å². The number of benzene rings is 1. The molecule has 1 atom stereocenters. The SMILES string of the molecule is CCCc1cc(=O)oc2c(C)c(OC(C)C(=O)N3CCC(C)(C#N)CC3)ccc12. The van der Waals surface area contributed by atoms with Gasteiger partial charge in [-0.25, -0.2) is 4.79 Å². The number of nitriles is 1. The van der Waals surface area contributed by atoms with Crippen molar-refractivity contribution in [3.8, 4) is 11.8 Å². The van der Waals surface area contributed by atoms with Gasteiger partial charge in [0, 0.05) is 30.1 Å². The fraction of sp³-hybridized carbons (Fsp3) is 0.522. The minimum atomic E-state index is -0.664. The van der Waals surface area contributed by atoms with Gasteiger partial charge in [-0.3, -0.25) is 4.79 Å². The van der Waals surface area contributed by atoms with E-state index in [-0.39, 0.29) is 16.9 Å². The average Bonchev–Trinajstić information content (AvgIpc) is 2.70. The highest BCUT2D eigenvalue weighted by molar-refractivity contribution is 5.85. The van der Waals surface area contributed by atoms with E-state index in [2.05, 4.69) is 13.0 Å². The molecule has 1 amide bonds. The fourth-order valence-corrected chi connectivity index (χ4v) is 3.84. The van der Waals surface area contributed by atoms with Crippen LogP contribution in [0, 0.1) is 23.7 Å². The first-order valence-electron chi connectivity index (χ1n) is 10.2. The molecule has 1 aromatic carbocycles. The van der Waals surface area contributed by atoms with Gasteiger partial charge in [0.25, 0.3) is 5.91 Å². The molecule has 0 aliphatic carbocycles. The average molecular weight is 396 g/mol. The monoisotopic (exact) mass is 396 g/mol. The fourth-order valence-electron chi connectivity index (χ4n) is 3.84. The van der Waals surface area contributed by atoms with E-state index < -0.39 is 6.10 Å². The molecule has 0 saturated carbocycles. The summed E-state index contributed by atoms with van der Waals surface area (Å²) in [6, 6.07) is 7.62. The molecule has 1 saturated heterocycles. The minimum absolute atomic E-state index is 0.0920. The van der Waals surface area contributed by atoms with Gasteiger partial charge in [-0.15, -0.1) is 0 Å². The number of aryl methyl sites for hydroxylation is 2. The number of hydrogen-bond donors (Lipinski definition) is 0. The molecule has 29 heavy (non-hydrogen) atoms. The molecule has 0 bridgehead atoms. The van der Waals surface area contributed by atoms with E-state index in [1.165, 1.54) is 0 Å². The summed E-state index contributed by atoms with van der Waals surface area (Å²) in [6.07, 6.45) is 2.41. The molecular formula is C23H28N2O4. The van der Waals surface area contributed by atoms with Crippen molar-refractivity contribution < 1.29 is 13.9 Å². The van der Waals surface area contributed by atoms with Crippen molar-refractivity contribution in [1.29, 1.82) is 5.26 Å². The lowest BCUT2D eigenvalue weighted by Gasteiger charge is -2.36. The van der Waals surface area contributed by atoms with Gasteiger partial charge < -0.3 is 14.1 Å². The minimum Gasteiger partial charge on any atom is -0.480 e. The molecule has 154 valence electrons. The van der Waals surface area contributed by atoms with E-state index in [0.29, 0.717) is 42.8 Å². The maximum Gasteiger partial charge on any atom is 0.336 e. The molecule has 2 heterocycles. The van der Waals surface area contributed by atoms with E-state index in [4.69, 9.17) is 9.15 Å². The lowest BCUT2D eigenvalue weighted by Crippen LogP contribution is -2.46. The first-order valence-corrected chi connectivity index (χ1v) is 10.2. The second-order valence-electron chi connectivity index (χ2n) is 8.16. The van der Waals surface area contributed by atoms with Crippen molar-refractivity contribution in [1.82, 2.24) is 4.90 Å². The molecule has 0 spiro atoms. The quantitative estimate of drug-likeness (QED) is 0.714. The number of hydrogen-bond acceptors (Lipinski definition) is 5. The molecule has 0 N–H and O–H groups in total. The van der Waals surface area contributed by atoms with Gasteiger partial charge in [0.05, 0.1) is 11.5 Å². The molecule has 0 radical (unpaired) electrons. The lowest BCUT2D eigenvalue weighted by molar-refractivity contribution is -0.139. The van der Waals surface area contributed by atoms with Crippen LogP contribution in [-0.2, 0) is 11.2 Å². The van der Waals surface area contributed by atoms with Crippen molar-refractivity contribution >= 4 is 16.9 Å². The van der Waals surface area contributed by atoms with E-state index in [9.17, 15) is 14.9 Å². The summed E-state index contributed by atoms with van der Waals surface area (Å²) >= 11 is 0. The maximum absolute atomic E-state index is 12.8. The Hall–Kier alpha value is -2.81. The summed E-state index contributed by atoms with van der Waals surface area (Å²) in [5, 5.41) is 10.2. The zero-order valence-electron chi connectivity index (χ0n) is 17.6. The molecule has 1 aromatic heterocycles. The molecule has 6 heteroatoms. The summed E-state index contributed by atoms with van der Waals surface area (Å²) in [5.74, 6) is 0.444. The highest BCUT2D eigenvalue weighted by Crippen LogP contribution is 2.32. The molecular weight excluding hydrogens is 368 g/mol. The first kappa shape index (κ1) is 20.9. The topological polar surface area (TPSA) is 83.5 Å². The molecule has 1 fully saturated rings. The first-order chi connectivity index (χ1) is 13.8. The zero-order valence-corrected chi connectivity index (χ0v) is 17.6. The highest BCUT2D eigenvalue weighted by Gasteiger charge is 2.33. The van der Waals surface area contributed by atoms with Gasteiger partial charge in [-0.1, -0.05) is 13.3 Å². The van der Waals surface area contributed by atoms with Crippen LogP contribution in [0.25, 0.3) is 11.0 Å². The number of amides is 1. The maximum atomic E-state index is 12.8. The third-order valence-corrected chi connectivity index (χ3v) is 5.82.